The molecule has 172 valence electrons. The van der Waals surface area contributed by atoms with E-state index in [0.717, 1.165) is 5.56 Å². The van der Waals surface area contributed by atoms with E-state index < -0.39 is 17.5 Å². The Morgan fingerprint density at radius 1 is 1.32 bits per heavy atom. The number of aromatic nitrogens is 2. The van der Waals surface area contributed by atoms with E-state index in [1.54, 1.807) is 30.3 Å². The third kappa shape index (κ3) is 3.60. The van der Waals surface area contributed by atoms with E-state index in [-0.39, 0.29) is 54.1 Å². The van der Waals surface area contributed by atoms with Crippen molar-refractivity contribution in [1.82, 2.24) is 14.7 Å². The van der Waals surface area contributed by atoms with Crippen molar-refractivity contribution in [2.75, 3.05) is 24.1 Å². The number of nitriles is 1. The summed E-state index contributed by atoms with van der Waals surface area (Å²) in [4.78, 5) is 26.7. The van der Waals surface area contributed by atoms with Crippen LogP contribution in [-0.4, -0.2) is 39.8 Å². The monoisotopic (exact) mass is 480 g/mol. The van der Waals surface area contributed by atoms with E-state index in [1.807, 2.05) is 0 Å². The first-order valence-corrected chi connectivity index (χ1v) is 10.8. The number of hydrogen-bond donors (Lipinski definition) is 2. The van der Waals surface area contributed by atoms with Gasteiger partial charge in [-0.2, -0.15) is 10.4 Å². The highest BCUT2D eigenvalue weighted by atomic mass is 35.5. The van der Waals surface area contributed by atoms with E-state index >= 15 is 0 Å². The van der Waals surface area contributed by atoms with Gasteiger partial charge in [0.2, 0.25) is 5.91 Å². The Morgan fingerprint density at radius 2 is 2.09 bits per heavy atom. The van der Waals surface area contributed by atoms with Crippen molar-refractivity contribution >= 4 is 35.1 Å². The number of ether oxygens (including phenoxy) is 1. The van der Waals surface area contributed by atoms with Crippen LogP contribution in [0.15, 0.2) is 42.5 Å². The quantitative estimate of drug-likeness (QED) is 0.591. The maximum atomic E-state index is 14.9. The van der Waals surface area contributed by atoms with Crippen molar-refractivity contribution in [3.63, 3.8) is 0 Å². The van der Waals surface area contributed by atoms with Crippen molar-refractivity contribution in [1.29, 1.82) is 5.26 Å². The summed E-state index contributed by atoms with van der Waals surface area (Å²) < 4.78 is 21.8. The van der Waals surface area contributed by atoms with Gasteiger partial charge in [0.15, 0.2) is 11.4 Å². The first-order chi connectivity index (χ1) is 16.3. The van der Waals surface area contributed by atoms with Crippen LogP contribution in [0, 0.1) is 17.1 Å². The summed E-state index contributed by atoms with van der Waals surface area (Å²) in [5.41, 5.74) is 6.99. The van der Waals surface area contributed by atoms with Crippen molar-refractivity contribution in [2.45, 2.75) is 18.6 Å². The van der Waals surface area contributed by atoms with E-state index in [0.29, 0.717) is 11.3 Å². The van der Waals surface area contributed by atoms with Crippen LogP contribution < -0.4 is 11.1 Å². The van der Waals surface area contributed by atoms with Crippen LogP contribution >= 0.6 is 11.6 Å². The first kappa shape index (κ1) is 21.7. The van der Waals surface area contributed by atoms with Crippen molar-refractivity contribution in [3.8, 4) is 17.3 Å². The fourth-order valence-corrected chi connectivity index (χ4v) is 4.55. The molecule has 0 aliphatic carbocycles. The lowest BCUT2D eigenvalue weighted by molar-refractivity contribution is -0.132. The standard InChI is InChI=1S/C23H18ClFN6O3/c24-15-5-6-16-20(21(15)25)23(34-22(33)28-16)7-8-30(12-23)19(32)11-31-18(27)9-17(29-31)14-3-1-13(10-26)2-4-14/h1-6,9H,7-8,11-12,27H2,(H,28,33)/t23-/m0/s1. The van der Waals surface area contributed by atoms with E-state index in [9.17, 15) is 14.0 Å². The van der Waals surface area contributed by atoms with Gasteiger partial charge in [0.25, 0.3) is 0 Å². The first-order valence-electron chi connectivity index (χ1n) is 10.4. The summed E-state index contributed by atoms with van der Waals surface area (Å²) in [6, 6.07) is 13.4. The van der Waals surface area contributed by atoms with Gasteiger partial charge in [-0.3, -0.25) is 10.1 Å². The molecule has 1 spiro atoms. The number of halogens is 2. The molecule has 0 unspecified atom stereocenters. The smallest absolute Gasteiger partial charge is 0.412 e. The summed E-state index contributed by atoms with van der Waals surface area (Å²) in [6.07, 6.45) is -0.492. The molecule has 0 radical (unpaired) electrons. The zero-order valence-corrected chi connectivity index (χ0v) is 18.5. The Morgan fingerprint density at radius 3 is 2.82 bits per heavy atom. The van der Waals surface area contributed by atoms with Crippen molar-refractivity contribution in [2.24, 2.45) is 0 Å². The maximum absolute atomic E-state index is 14.9. The van der Waals surface area contributed by atoms with Crippen LogP contribution in [0.4, 0.5) is 20.7 Å². The largest absolute Gasteiger partial charge is 0.436 e. The number of carbonyl (C=O) groups is 2. The molecule has 0 saturated carbocycles. The van der Waals surface area contributed by atoms with Gasteiger partial charge in [-0.15, -0.1) is 0 Å². The van der Waals surface area contributed by atoms with E-state index in [4.69, 9.17) is 27.3 Å². The molecule has 3 N–H and O–H groups in total. The average molecular weight is 481 g/mol. The predicted molar refractivity (Wildman–Crippen MR) is 121 cm³/mol. The molecule has 2 amide bonds. The van der Waals surface area contributed by atoms with E-state index in [1.165, 1.54) is 21.7 Å². The summed E-state index contributed by atoms with van der Waals surface area (Å²) >= 11 is 5.97. The molecule has 0 bridgehead atoms. The van der Waals surface area contributed by atoms with Crippen molar-refractivity contribution in [3.05, 3.63) is 64.4 Å². The molecule has 2 aliphatic heterocycles. The van der Waals surface area contributed by atoms with E-state index in [2.05, 4.69) is 16.5 Å². The molecule has 1 saturated heterocycles. The molecule has 2 aliphatic rings. The highest BCUT2D eigenvalue weighted by Crippen LogP contribution is 2.45. The van der Waals surface area contributed by atoms with Gasteiger partial charge < -0.3 is 15.4 Å². The molecule has 11 heteroatoms. The maximum Gasteiger partial charge on any atom is 0.412 e. The topological polar surface area (TPSA) is 126 Å². The summed E-state index contributed by atoms with van der Waals surface area (Å²) in [5, 5.41) is 15.8. The molecule has 1 aromatic heterocycles. The molecule has 1 fully saturated rings. The Hall–Kier alpha value is -4.10. The van der Waals surface area contributed by atoms with Crippen LogP contribution in [0.3, 0.4) is 0 Å². The van der Waals surface area contributed by atoms with Crippen LogP contribution in [0.2, 0.25) is 5.02 Å². The average Bonchev–Trinajstić information content (AvgIpc) is 3.40. The normalized spacial score (nSPS) is 18.9. The van der Waals surface area contributed by atoms with Gasteiger partial charge in [0.1, 0.15) is 12.4 Å². The lowest BCUT2D eigenvalue weighted by atomic mass is 9.89. The number of benzene rings is 2. The number of likely N-dealkylation sites (tertiary alicyclic amines) is 1. The molecule has 3 heterocycles. The lowest BCUT2D eigenvalue weighted by Gasteiger charge is -2.35. The minimum absolute atomic E-state index is 0.0207. The Bertz CT molecular complexity index is 1370. The number of fused-ring (bicyclic) bond motifs is 2. The molecule has 5 rings (SSSR count). The third-order valence-corrected chi connectivity index (χ3v) is 6.36. The second kappa shape index (κ2) is 8.04. The number of nitrogens with two attached hydrogens (primary N) is 1. The minimum Gasteiger partial charge on any atom is -0.436 e. The fraction of sp³-hybridized carbons (Fsp3) is 0.217. The molecule has 9 nitrogen and oxygen atoms in total. The molecular weight excluding hydrogens is 463 g/mol. The number of carbonyl (C=O) groups excluding carboxylic acids is 2. The predicted octanol–water partition coefficient (Wildman–Crippen LogP) is 3.49. The third-order valence-electron chi connectivity index (χ3n) is 6.07. The molecule has 3 aromatic rings. The Labute approximate surface area is 198 Å². The number of anilines is 2. The van der Waals surface area contributed by atoms with Gasteiger partial charge in [-0.05, 0) is 24.3 Å². The van der Waals surface area contributed by atoms with Gasteiger partial charge in [-0.25, -0.2) is 13.9 Å². The highest BCUT2D eigenvalue weighted by Gasteiger charge is 2.50. The number of rotatable bonds is 3. The Balaban J connectivity index is 1.36. The number of nitrogens with one attached hydrogen (secondary N) is 1. The van der Waals surface area contributed by atoms with Crippen LogP contribution in [0.5, 0.6) is 0 Å². The lowest BCUT2D eigenvalue weighted by Crippen LogP contribution is -2.44. The molecule has 34 heavy (non-hydrogen) atoms. The number of nitrogen functional groups attached to an aromatic ring is 1. The molecule has 1 atom stereocenters. The zero-order chi connectivity index (χ0) is 24.0. The number of nitrogens with zero attached hydrogens (tertiary/aromatic N) is 4. The second-order valence-electron chi connectivity index (χ2n) is 8.16. The summed E-state index contributed by atoms with van der Waals surface area (Å²) in [6.45, 7) is 0.0869. The van der Waals surface area contributed by atoms with Crippen LogP contribution in [0.25, 0.3) is 11.3 Å². The number of hydrogen-bond acceptors (Lipinski definition) is 6. The zero-order valence-electron chi connectivity index (χ0n) is 17.7. The highest BCUT2D eigenvalue weighted by molar-refractivity contribution is 6.31. The van der Waals surface area contributed by atoms with Gasteiger partial charge in [-0.1, -0.05) is 23.7 Å². The van der Waals surface area contributed by atoms with Crippen LogP contribution in [0.1, 0.15) is 17.5 Å². The second-order valence-corrected chi connectivity index (χ2v) is 8.57. The van der Waals surface area contributed by atoms with Gasteiger partial charge in [0.05, 0.1) is 40.1 Å². The molecule has 2 aromatic carbocycles. The van der Waals surface area contributed by atoms with Gasteiger partial charge >= 0.3 is 6.09 Å². The molecular formula is C23H18ClFN6O3. The fourth-order valence-electron chi connectivity index (χ4n) is 4.39. The SMILES string of the molecule is N#Cc1ccc(-c2cc(N)n(CC(=O)N3CC[C@@]4(C3)OC(=O)Nc3ccc(Cl)c(F)c34)n2)cc1. The van der Waals surface area contributed by atoms with Gasteiger partial charge in [0, 0.05) is 24.6 Å². The Kier molecular flexibility index (Phi) is 5.14. The number of amides is 2. The summed E-state index contributed by atoms with van der Waals surface area (Å²) in [5.74, 6) is -0.702. The minimum atomic E-state index is -1.33. The summed E-state index contributed by atoms with van der Waals surface area (Å²) in [7, 11) is 0. The van der Waals surface area contributed by atoms with Crippen molar-refractivity contribution < 1.29 is 18.7 Å². The van der Waals surface area contributed by atoms with Crippen LogP contribution in [-0.2, 0) is 21.7 Å².